The standard InChI is InChI=1S/C9H12N2O5S2/c1-17(13,14)7-2-4-8(5-3-7)18(15,16)11-6-9(10)12/h2-5,11H,6H2,1H3,(H2,10,12). The Morgan fingerprint density at radius 2 is 1.56 bits per heavy atom. The molecule has 1 rings (SSSR count). The van der Waals surface area contributed by atoms with Gasteiger partial charge in [-0.25, -0.2) is 21.6 Å². The summed E-state index contributed by atoms with van der Waals surface area (Å²) < 4.78 is 47.6. The predicted molar refractivity (Wildman–Crippen MR) is 63.9 cm³/mol. The summed E-state index contributed by atoms with van der Waals surface area (Å²) in [6, 6.07) is 4.63. The Hall–Kier alpha value is -1.45. The number of carbonyl (C=O) groups excluding carboxylic acids is 1. The molecule has 0 fully saturated rings. The Morgan fingerprint density at radius 1 is 1.11 bits per heavy atom. The van der Waals surface area contributed by atoms with E-state index in [1.165, 1.54) is 12.1 Å². The number of sulfone groups is 1. The Kier molecular flexibility index (Phi) is 4.09. The number of sulfonamides is 1. The topological polar surface area (TPSA) is 123 Å². The number of amides is 1. The summed E-state index contributed by atoms with van der Waals surface area (Å²) in [6.45, 7) is -0.518. The first-order valence-electron chi connectivity index (χ1n) is 4.71. The highest BCUT2D eigenvalue weighted by Crippen LogP contribution is 2.13. The second-order valence-electron chi connectivity index (χ2n) is 3.53. The number of rotatable bonds is 5. The number of benzene rings is 1. The minimum Gasteiger partial charge on any atom is -0.369 e. The summed E-state index contributed by atoms with van der Waals surface area (Å²) in [5, 5.41) is 0. The van der Waals surface area contributed by atoms with Crippen molar-refractivity contribution in [2.75, 3.05) is 12.8 Å². The van der Waals surface area contributed by atoms with Gasteiger partial charge in [-0.05, 0) is 24.3 Å². The number of nitrogens with one attached hydrogen (secondary N) is 1. The van der Waals surface area contributed by atoms with Gasteiger partial charge in [-0.15, -0.1) is 0 Å². The number of nitrogens with two attached hydrogens (primary N) is 1. The molecule has 0 radical (unpaired) electrons. The van der Waals surface area contributed by atoms with Crippen LogP contribution in [0.2, 0.25) is 0 Å². The molecule has 0 saturated heterocycles. The third-order valence-corrected chi connectivity index (χ3v) is 4.54. The summed E-state index contributed by atoms with van der Waals surface area (Å²) in [5.41, 5.74) is 4.81. The molecule has 1 amide bonds. The molecule has 0 unspecified atom stereocenters. The van der Waals surface area contributed by atoms with Gasteiger partial charge in [-0.2, -0.15) is 0 Å². The fourth-order valence-corrected chi connectivity index (χ4v) is 2.74. The quantitative estimate of drug-likeness (QED) is 0.709. The van der Waals surface area contributed by atoms with Crippen molar-refractivity contribution in [2.45, 2.75) is 9.79 Å². The van der Waals surface area contributed by atoms with Gasteiger partial charge in [0.25, 0.3) is 0 Å². The summed E-state index contributed by atoms with van der Waals surface area (Å²) in [4.78, 5) is 10.3. The Balaban J connectivity index is 3.02. The second kappa shape index (κ2) is 5.04. The zero-order valence-electron chi connectivity index (χ0n) is 9.45. The summed E-state index contributed by atoms with van der Waals surface area (Å²) >= 11 is 0. The fourth-order valence-electron chi connectivity index (χ4n) is 1.12. The van der Waals surface area contributed by atoms with E-state index in [-0.39, 0.29) is 9.79 Å². The molecule has 1 aromatic carbocycles. The largest absolute Gasteiger partial charge is 0.369 e. The van der Waals surface area contributed by atoms with Gasteiger partial charge >= 0.3 is 0 Å². The van der Waals surface area contributed by atoms with Crippen LogP contribution in [-0.4, -0.2) is 35.5 Å². The summed E-state index contributed by atoms with van der Waals surface area (Å²) in [7, 11) is -7.24. The summed E-state index contributed by atoms with van der Waals surface area (Å²) in [6.07, 6.45) is 1.02. The maximum Gasteiger partial charge on any atom is 0.241 e. The van der Waals surface area contributed by atoms with Gasteiger partial charge in [0.05, 0.1) is 16.3 Å². The molecule has 9 heteroatoms. The third kappa shape index (κ3) is 3.79. The van der Waals surface area contributed by atoms with Gasteiger partial charge in [0.15, 0.2) is 9.84 Å². The average molecular weight is 292 g/mol. The molecule has 0 aromatic heterocycles. The van der Waals surface area contributed by atoms with Crippen LogP contribution >= 0.6 is 0 Å². The van der Waals surface area contributed by atoms with Crippen LogP contribution in [0.4, 0.5) is 0 Å². The zero-order valence-corrected chi connectivity index (χ0v) is 11.1. The SMILES string of the molecule is CS(=O)(=O)c1ccc(S(=O)(=O)NCC(N)=O)cc1. The molecule has 0 aliphatic heterocycles. The fraction of sp³-hybridized carbons (Fsp3) is 0.222. The van der Waals surface area contributed by atoms with Gasteiger partial charge < -0.3 is 5.73 Å². The number of carbonyl (C=O) groups is 1. The predicted octanol–water partition coefficient (Wildman–Crippen LogP) is -1.15. The third-order valence-electron chi connectivity index (χ3n) is 2.00. The van der Waals surface area contributed by atoms with Gasteiger partial charge in [0.1, 0.15) is 0 Å². The van der Waals surface area contributed by atoms with E-state index < -0.39 is 32.3 Å². The minimum absolute atomic E-state index is 0.0105. The molecule has 0 aliphatic rings. The smallest absolute Gasteiger partial charge is 0.241 e. The molecule has 18 heavy (non-hydrogen) atoms. The van der Waals surface area contributed by atoms with Crippen molar-refractivity contribution in [1.82, 2.24) is 4.72 Å². The van der Waals surface area contributed by atoms with Crippen LogP contribution in [0.25, 0.3) is 0 Å². The molecule has 100 valence electrons. The molecule has 0 spiro atoms. The highest BCUT2D eigenvalue weighted by molar-refractivity contribution is 7.90. The van der Waals surface area contributed by atoms with Gasteiger partial charge in [0.2, 0.25) is 15.9 Å². The Labute approximate surface area is 105 Å². The van der Waals surface area contributed by atoms with Crippen molar-refractivity contribution < 1.29 is 21.6 Å². The Bertz CT molecular complexity index is 647. The molecule has 0 atom stereocenters. The van der Waals surface area contributed by atoms with E-state index in [9.17, 15) is 21.6 Å². The minimum atomic E-state index is -3.86. The molecule has 7 nitrogen and oxygen atoms in total. The van der Waals surface area contributed by atoms with E-state index in [2.05, 4.69) is 0 Å². The first-order valence-corrected chi connectivity index (χ1v) is 8.08. The van der Waals surface area contributed by atoms with Crippen LogP contribution < -0.4 is 10.5 Å². The van der Waals surface area contributed by atoms with Crippen molar-refractivity contribution in [3.63, 3.8) is 0 Å². The van der Waals surface area contributed by atoms with Crippen LogP contribution in [-0.2, 0) is 24.7 Å². The molecule has 3 N–H and O–H groups in total. The highest BCUT2D eigenvalue weighted by Gasteiger charge is 2.15. The van der Waals surface area contributed by atoms with Crippen LogP contribution in [0.3, 0.4) is 0 Å². The van der Waals surface area contributed by atoms with E-state index in [1.807, 2.05) is 4.72 Å². The van der Waals surface area contributed by atoms with Gasteiger partial charge in [-0.3, -0.25) is 4.79 Å². The van der Waals surface area contributed by atoms with E-state index in [0.717, 1.165) is 18.4 Å². The molecule has 0 heterocycles. The zero-order chi connectivity index (χ0) is 14.0. The monoisotopic (exact) mass is 292 g/mol. The lowest BCUT2D eigenvalue weighted by atomic mass is 10.4. The summed E-state index contributed by atoms with van der Waals surface area (Å²) in [5.74, 6) is -0.814. The average Bonchev–Trinajstić information content (AvgIpc) is 2.26. The lowest BCUT2D eigenvalue weighted by molar-refractivity contribution is -0.116. The van der Waals surface area contributed by atoms with Crippen molar-refractivity contribution in [2.24, 2.45) is 5.73 Å². The maximum atomic E-state index is 11.6. The molecule has 0 aliphatic carbocycles. The van der Waals surface area contributed by atoms with Crippen molar-refractivity contribution >= 4 is 25.8 Å². The van der Waals surface area contributed by atoms with Gasteiger partial charge in [-0.1, -0.05) is 0 Å². The molecular weight excluding hydrogens is 280 g/mol. The first-order chi connectivity index (χ1) is 8.13. The van der Waals surface area contributed by atoms with E-state index in [4.69, 9.17) is 5.73 Å². The Morgan fingerprint density at radius 3 is 1.94 bits per heavy atom. The van der Waals surface area contributed by atoms with E-state index in [0.29, 0.717) is 0 Å². The molecule has 1 aromatic rings. The van der Waals surface area contributed by atoms with Crippen molar-refractivity contribution in [3.05, 3.63) is 24.3 Å². The number of hydrogen-bond donors (Lipinski definition) is 2. The molecule has 0 saturated carbocycles. The second-order valence-corrected chi connectivity index (χ2v) is 7.32. The normalized spacial score (nSPS) is 12.3. The van der Waals surface area contributed by atoms with Crippen molar-refractivity contribution in [3.8, 4) is 0 Å². The van der Waals surface area contributed by atoms with Crippen LogP contribution in [0.15, 0.2) is 34.1 Å². The molecule has 0 bridgehead atoms. The lowest BCUT2D eigenvalue weighted by Crippen LogP contribution is -2.33. The van der Waals surface area contributed by atoms with E-state index >= 15 is 0 Å². The maximum absolute atomic E-state index is 11.6. The van der Waals surface area contributed by atoms with Crippen LogP contribution in [0, 0.1) is 0 Å². The first kappa shape index (κ1) is 14.6. The molecular formula is C9H12N2O5S2. The van der Waals surface area contributed by atoms with Crippen LogP contribution in [0.5, 0.6) is 0 Å². The lowest BCUT2D eigenvalue weighted by Gasteiger charge is -2.05. The highest BCUT2D eigenvalue weighted by atomic mass is 32.2. The van der Waals surface area contributed by atoms with E-state index in [1.54, 1.807) is 0 Å². The number of hydrogen-bond acceptors (Lipinski definition) is 5. The van der Waals surface area contributed by atoms with Gasteiger partial charge in [0, 0.05) is 6.26 Å². The van der Waals surface area contributed by atoms with Crippen LogP contribution in [0.1, 0.15) is 0 Å². The number of primary amides is 1. The van der Waals surface area contributed by atoms with Crippen molar-refractivity contribution in [1.29, 1.82) is 0 Å².